The van der Waals surface area contributed by atoms with Crippen LogP contribution in [0.4, 0.5) is 0 Å². The van der Waals surface area contributed by atoms with Gasteiger partial charge in [0.05, 0.1) is 24.1 Å². The summed E-state index contributed by atoms with van der Waals surface area (Å²) in [7, 11) is 0. The van der Waals surface area contributed by atoms with E-state index in [-0.39, 0.29) is 23.4 Å². The van der Waals surface area contributed by atoms with Crippen molar-refractivity contribution in [2.45, 2.75) is 57.5 Å². The number of aromatic nitrogens is 1. The van der Waals surface area contributed by atoms with E-state index in [1.54, 1.807) is 30.5 Å². The fraction of sp³-hybridized carbons (Fsp3) is 0.440. The number of aliphatic hydroxyl groups excluding tert-OH is 1. The van der Waals surface area contributed by atoms with E-state index in [9.17, 15) is 15.1 Å². The number of allylic oxidation sites excluding steroid dienone is 3. The molecule has 8 heteroatoms. The van der Waals surface area contributed by atoms with Gasteiger partial charge in [-0.2, -0.15) is 0 Å². The van der Waals surface area contributed by atoms with Gasteiger partial charge in [-0.3, -0.25) is 15.0 Å². The lowest BCUT2D eigenvalue weighted by Crippen LogP contribution is -2.45. The summed E-state index contributed by atoms with van der Waals surface area (Å²) in [6.45, 7) is 2.22. The summed E-state index contributed by atoms with van der Waals surface area (Å²) in [5, 5.41) is 31.3. The van der Waals surface area contributed by atoms with Gasteiger partial charge in [0.15, 0.2) is 0 Å². The summed E-state index contributed by atoms with van der Waals surface area (Å²) >= 11 is 0. The quantitative estimate of drug-likeness (QED) is 0.289. The van der Waals surface area contributed by atoms with Gasteiger partial charge in [-0.05, 0) is 63.5 Å². The third kappa shape index (κ3) is 5.57. The molecule has 33 heavy (non-hydrogen) atoms. The van der Waals surface area contributed by atoms with Crippen LogP contribution in [-0.4, -0.2) is 40.9 Å². The highest BCUT2D eigenvalue weighted by Crippen LogP contribution is 2.38. The molecule has 0 bridgehead atoms. The Morgan fingerprint density at radius 3 is 2.70 bits per heavy atom. The van der Waals surface area contributed by atoms with Crippen molar-refractivity contribution in [3.63, 3.8) is 0 Å². The molecule has 1 amide bonds. The standard InChI is InChI=1S/C25H30N4O4/c1-2-33-24-13-20(26)18(15-27-14-16-6-10-19(30)11-7-16)12-21(24)28-25(31)23-5-3-4-22(29(23)32)17-8-9-17/h3-5,12-17,19,26,30H,2,6-11H2,1H3,(H-,28,31,32)/p+1. The topological polar surface area (TPSA) is 119 Å². The molecule has 4 N–H and O–H groups in total. The molecule has 0 saturated heterocycles. The number of aliphatic imine (C=N–C) groups is 1. The molecule has 0 aliphatic heterocycles. The molecule has 0 radical (unpaired) electrons. The van der Waals surface area contributed by atoms with Crippen LogP contribution in [0, 0.1) is 11.3 Å². The van der Waals surface area contributed by atoms with E-state index in [1.807, 2.05) is 19.2 Å². The van der Waals surface area contributed by atoms with Crippen LogP contribution in [0.1, 0.15) is 67.5 Å². The van der Waals surface area contributed by atoms with Crippen LogP contribution in [0.15, 0.2) is 58.6 Å². The van der Waals surface area contributed by atoms with E-state index in [1.165, 1.54) is 0 Å². The Morgan fingerprint density at radius 2 is 2.00 bits per heavy atom. The Morgan fingerprint density at radius 1 is 1.24 bits per heavy atom. The largest absolute Gasteiger partial charge is 0.492 e. The predicted molar refractivity (Wildman–Crippen MR) is 123 cm³/mol. The van der Waals surface area contributed by atoms with E-state index in [0.717, 1.165) is 48.9 Å². The number of amides is 1. The maximum atomic E-state index is 13.0. The van der Waals surface area contributed by atoms with Crippen molar-refractivity contribution >= 4 is 17.8 Å². The van der Waals surface area contributed by atoms with Gasteiger partial charge in [0.25, 0.3) is 0 Å². The monoisotopic (exact) mass is 451 g/mol. The van der Waals surface area contributed by atoms with E-state index in [2.05, 4.69) is 10.3 Å². The number of pyridine rings is 1. The number of hydrogen-bond acceptors (Lipinski definition) is 6. The van der Waals surface area contributed by atoms with E-state index < -0.39 is 5.91 Å². The first-order chi connectivity index (χ1) is 16.0. The number of hydrogen-bond donors (Lipinski definition) is 4. The average Bonchev–Trinajstić information content (AvgIpc) is 3.63. The molecular formula is C25H31N4O4+. The maximum absolute atomic E-state index is 13.0. The first kappa shape index (κ1) is 22.9. The van der Waals surface area contributed by atoms with Crippen LogP contribution < -0.4 is 10.0 Å². The van der Waals surface area contributed by atoms with Crippen LogP contribution in [0.25, 0.3) is 0 Å². The summed E-state index contributed by atoms with van der Waals surface area (Å²) in [5.74, 6) is 0.533. The fourth-order valence-electron chi connectivity index (χ4n) is 4.14. The molecule has 3 aliphatic rings. The molecular weight excluding hydrogens is 420 g/mol. The van der Waals surface area contributed by atoms with Gasteiger partial charge in [0.1, 0.15) is 5.76 Å². The van der Waals surface area contributed by atoms with Crippen molar-refractivity contribution in [3.8, 4) is 0 Å². The van der Waals surface area contributed by atoms with E-state index >= 15 is 0 Å². The second-order valence-electron chi connectivity index (χ2n) is 8.74. The Hall–Kier alpha value is -3.26. The molecule has 1 aromatic heterocycles. The Bertz CT molecular complexity index is 1040. The minimum Gasteiger partial charge on any atom is -0.492 e. The van der Waals surface area contributed by atoms with Crippen LogP contribution in [-0.2, 0) is 4.74 Å². The van der Waals surface area contributed by atoms with Gasteiger partial charge in [-0.25, -0.2) is 0 Å². The molecule has 2 fully saturated rings. The molecule has 2 saturated carbocycles. The van der Waals surface area contributed by atoms with Gasteiger partial charge in [-0.15, -0.1) is 0 Å². The molecule has 0 aromatic carbocycles. The van der Waals surface area contributed by atoms with Crippen LogP contribution in [0.3, 0.4) is 0 Å². The zero-order valence-corrected chi connectivity index (χ0v) is 18.8. The van der Waals surface area contributed by atoms with Crippen molar-refractivity contribution in [2.75, 3.05) is 6.61 Å². The molecule has 0 spiro atoms. The first-order valence-corrected chi connectivity index (χ1v) is 11.6. The summed E-state index contributed by atoms with van der Waals surface area (Å²) in [6.07, 6.45) is 11.9. The van der Waals surface area contributed by atoms with Gasteiger partial charge in [0.2, 0.25) is 5.69 Å². The summed E-state index contributed by atoms with van der Waals surface area (Å²) < 4.78 is 6.60. The summed E-state index contributed by atoms with van der Waals surface area (Å²) in [4.78, 5) is 17.4. The molecule has 8 nitrogen and oxygen atoms in total. The van der Waals surface area contributed by atoms with Gasteiger partial charge in [-0.1, -0.05) is 0 Å². The number of ether oxygens (including phenoxy) is 1. The zero-order chi connectivity index (χ0) is 23.4. The average molecular weight is 452 g/mol. The lowest BCUT2D eigenvalue weighted by Gasteiger charge is -2.22. The number of nitrogens with one attached hydrogen (secondary N) is 2. The number of aliphatic hydroxyl groups is 1. The first-order valence-electron chi connectivity index (χ1n) is 11.6. The van der Waals surface area contributed by atoms with Gasteiger partial charge >= 0.3 is 11.6 Å². The highest BCUT2D eigenvalue weighted by atomic mass is 16.5. The third-order valence-corrected chi connectivity index (χ3v) is 6.17. The molecule has 1 aromatic rings. The van der Waals surface area contributed by atoms with E-state index in [0.29, 0.717) is 29.6 Å². The van der Waals surface area contributed by atoms with Crippen LogP contribution >= 0.6 is 0 Å². The van der Waals surface area contributed by atoms with Crippen LogP contribution in [0.2, 0.25) is 0 Å². The fourth-order valence-corrected chi connectivity index (χ4v) is 4.14. The SMILES string of the molecule is CCOC1=CC(=N)/C(=C\N=CC2CCC(O)CC2)C=C1NC(=O)c1cccc(C2CC2)[n+]1O. The van der Waals surface area contributed by atoms with Crippen LogP contribution in [0.5, 0.6) is 0 Å². The van der Waals surface area contributed by atoms with Crippen molar-refractivity contribution < 1.29 is 24.6 Å². The van der Waals surface area contributed by atoms with Crippen molar-refractivity contribution in [1.82, 2.24) is 5.32 Å². The molecule has 1 heterocycles. The highest BCUT2D eigenvalue weighted by molar-refractivity contribution is 6.10. The summed E-state index contributed by atoms with van der Waals surface area (Å²) in [5.41, 5.74) is 2.06. The normalized spacial score (nSPS) is 24.5. The smallest absolute Gasteiger partial charge is 0.325 e. The molecule has 174 valence electrons. The lowest BCUT2D eigenvalue weighted by atomic mass is 9.88. The second-order valence-corrected chi connectivity index (χ2v) is 8.74. The molecule has 4 rings (SSSR count). The lowest BCUT2D eigenvalue weighted by molar-refractivity contribution is -0.910. The zero-order valence-electron chi connectivity index (χ0n) is 18.8. The summed E-state index contributed by atoms with van der Waals surface area (Å²) in [6, 6.07) is 5.16. The van der Waals surface area contributed by atoms with E-state index in [4.69, 9.17) is 10.1 Å². The highest BCUT2D eigenvalue weighted by Gasteiger charge is 2.36. The number of carbonyl (C=O) groups excluding carboxylic acids is 1. The Kier molecular flexibility index (Phi) is 7.03. The Balaban J connectivity index is 1.52. The minimum absolute atomic E-state index is 0.139. The number of nitrogens with zero attached hydrogens (tertiary/aromatic N) is 2. The molecule has 0 unspecified atom stereocenters. The molecule has 0 atom stereocenters. The van der Waals surface area contributed by atoms with Gasteiger partial charge < -0.3 is 20.6 Å². The molecule has 3 aliphatic carbocycles. The number of rotatable bonds is 7. The Labute approximate surface area is 193 Å². The maximum Gasteiger partial charge on any atom is 0.325 e. The second kappa shape index (κ2) is 10.1. The number of carbonyl (C=O) groups is 1. The van der Waals surface area contributed by atoms with Crippen molar-refractivity contribution in [1.29, 1.82) is 5.41 Å². The van der Waals surface area contributed by atoms with Gasteiger partial charge in [0, 0.05) is 46.8 Å². The van der Waals surface area contributed by atoms with Crippen molar-refractivity contribution in [2.24, 2.45) is 10.9 Å². The third-order valence-electron chi connectivity index (χ3n) is 6.17. The van der Waals surface area contributed by atoms with Crippen molar-refractivity contribution in [3.05, 3.63) is 65.0 Å². The predicted octanol–water partition coefficient (Wildman–Crippen LogP) is 3.16. The minimum atomic E-state index is -0.464.